The third-order valence-electron chi connectivity index (χ3n) is 3.44. The van der Waals surface area contributed by atoms with E-state index in [1.807, 2.05) is 31.1 Å². The van der Waals surface area contributed by atoms with Crippen LogP contribution in [0.15, 0.2) is 29.1 Å². The van der Waals surface area contributed by atoms with E-state index in [0.717, 1.165) is 20.8 Å². The van der Waals surface area contributed by atoms with Crippen LogP contribution in [0.4, 0.5) is 11.4 Å². The highest BCUT2D eigenvalue weighted by atomic mass is 32.1. The van der Waals surface area contributed by atoms with Crippen LogP contribution >= 0.6 is 11.3 Å². The molecule has 108 valence electrons. The standard InChI is InChI=1S/C15H15N3O2S/c1-16-9-4-5-10-15(14(9)20)21-12-7-8(18(2)3)6-11(19)13(12)17-10/h4-7,16,20H,1-3H3/p+1. The van der Waals surface area contributed by atoms with Gasteiger partial charge in [0.2, 0.25) is 5.52 Å². The second kappa shape index (κ2) is 4.89. The number of phenols is 1. The van der Waals surface area contributed by atoms with Crippen LogP contribution in [-0.2, 0) is 0 Å². The molecule has 1 aliphatic heterocycles. The number of fused-ring (bicyclic) bond motifs is 2. The van der Waals surface area contributed by atoms with Crippen LogP contribution in [0.1, 0.15) is 0 Å². The van der Waals surface area contributed by atoms with E-state index >= 15 is 0 Å². The predicted octanol–water partition coefficient (Wildman–Crippen LogP) is 1.99. The summed E-state index contributed by atoms with van der Waals surface area (Å²) in [5, 5.41) is 13.2. The Kier molecular flexibility index (Phi) is 3.17. The molecule has 5 nitrogen and oxygen atoms in total. The fourth-order valence-corrected chi connectivity index (χ4v) is 3.35. The number of H-pyrrole nitrogens is 1. The lowest BCUT2D eigenvalue weighted by molar-refractivity contribution is -0.331. The van der Waals surface area contributed by atoms with Crippen molar-refractivity contribution in [1.82, 2.24) is 0 Å². The molecule has 21 heavy (non-hydrogen) atoms. The Morgan fingerprint density at radius 3 is 2.71 bits per heavy atom. The summed E-state index contributed by atoms with van der Waals surface area (Å²) in [6.45, 7) is 0. The minimum atomic E-state index is -0.0495. The topological polar surface area (TPSA) is 66.7 Å². The van der Waals surface area contributed by atoms with Crippen LogP contribution < -0.4 is 20.6 Å². The Balaban J connectivity index is 2.39. The van der Waals surface area contributed by atoms with E-state index in [1.54, 1.807) is 19.2 Å². The highest BCUT2D eigenvalue weighted by Crippen LogP contribution is 2.37. The molecule has 0 saturated heterocycles. The maximum absolute atomic E-state index is 12.2. The molecule has 1 aromatic carbocycles. The first kappa shape index (κ1) is 13.6. The van der Waals surface area contributed by atoms with Crippen molar-refractivity contribution in [3.05, 3.63) is 34.5 Å². The van der Waals surface area contributed by atoms with Crippen molar-refractivity contribution in [3.63, 3.8) is 0 Å². The fourth-order valence-electron chi connectivity index (χ4n) is 2.26. The molecule has 1 aromatic rings. The quantitative estimate of drug-likeness (QED) is 0.561. The number of benzene rings is 2. The molecule has 0 radical (unpaired) electrons. The van der Waals surface area contributed by atoms with Crippen LogP contribution in [0.25, 0.3) is 20.8 Å². The summed E-state index contributed by atoms with van der Waals surface area (Å²) in [4.78, 5) is 18.1. The Hall–Kier alpha value is -2.34. The lowest BCUT2D eigenvalue weighted by atomic mass is 10.2. The highest BCUT2D eigenvalue weighted by molar-refractivity contribution is 7.21. The summed E-state index contributed by atoms with van der Waals surface area (Å²) in [6.07, 6.45) is 0. The van der Waals surface area contributed by atoms with Gasteiger partial charge in [-0.15, -0.1) is 11.3 Å². The van der Waals surface area contributed by atoms with Crippen molar-refractivity contribution < 1.29 is 10.1 Å². The van der Waals surface area contributed by atoms with Gasteiger partial charge in [0.05, 0.1) is 5.69 Å². The second-order valence-electron chi connectivity index (χ2n) is 5.03. The number of phenolic OH excluding ortho intramolecular Hbond substituents is 1. The minimum absolute atomic E-state index is 0.0495. The lowest BCUT2D eigenvalue weighted by Crippen LogP contribution is -2.21. The molecule has 0 bridgehead atoms. The van der Waals surface area contributed by atoms with Crippen LogP contribution in [0.3, 0.4) is 0 Å². The average molecular weight is 302 g/mol. The van der Waals surface area contributed by atoms with Gasteiger partial charge in [0.15, 0.2) is 5.75 Å². The number of aromatic nitrogens is 1. The molecular formula is C15H16N3O2S+. The summed E-state index contributed by atoms with van der Waals surface area (Å²) >= 11 is 1.41. The molecule has 0 aromatic heterocycles. The van der Waals surface area contributed by atoms with E-state index in [2.05, 4.69) is 10.3 Å². The number of anilines is 2. The van der Waals surface area contributed by atoms with Crippen molar-refractivity contribution >= 4 is 32.9 Å². The smallest absolute Gasteiger partial charge is 0.269 e. The zero-order valence-corrected chi connectivity index (χ0v) is 12.8. The average Bonchev–Trinajstić information content (AvgIpc) is 2.46. The van der Waals surface area contributed by atoms with Crippen LogP contribution in [0, 0.1) is 0 Å². The molecule has 3 N–H and O–H groups in total. The maximum Gasteiger partial charge on any atom is 0.269 e. The molecule has 0 spiro atoms. The summed E-state index contributed by atoms with van der Waals surface area (Å²) in [6, 6.07) is 7.20. The summed E-state index contributed by atoms with van der Waals surface area (Å²) < 4.78 is 0.727. The van der Waals surface area contributed by atoms with E-state index in [-0.39, 0.29) is 11.2 Å². The van der Waals surface area contributed by atoms with Crippen molar-refractivity contribution in [2.45, 2.75) is 0 Å². The zero-order chi connectivity index (χ0) is 15.1. The molecule has 3 rings (SSSR count). The molecule has 0 fully saturated rings. The Morgan fingerprint density at radius 2 is 2.05 bits per heavy atom. The number of hydrogen-bond acceptors (Lipinski definition) is 5. The number of nitrogens with zero attached hydrogens (tertiary/aromatic N) is 1. The summed E-state index contributed by atoms with van der Waals surface area (Å²) in [5.41, 5.74) is 2.78. The van der Waals surface area contributed by atoms with Gasteiger partial charge in [0, 0.05) is 39.0 Å². The van der Waals surface area contributed by atoms with Crippen LogP contribution in [0.2, 0.25) is 0 Å². The van der Waals surface area contributed by atoms with Gasteiger partial charge >= 0.3 is 0 Å². The predicted molar refractivity (Wildman–Crippen MR) is 86.8 cm³/mol. The van der Waals surface area contributed by atoms with Crippen LogP contribution in [0.5, 0.6) is 5.75 Å². The first-order chi connectivity index (χ1) is 10.0. The normalized spacial score (nSPS) is 11.0. The van der Waals surface area contributed by atoms with Gasteiger partial charge in [-0.3, -0.25) is 4.79 Å². The molecule has 0 unspecified atom stereocenters. The molecule has 6 heteroatoms. The van der Waals surface area contributed by atoms with Crippen molar-refractivity contribution in [1.29, 1.82) is 0 Å². The number of hydrogen-bond donors (Lipinski definition) is 2. The number of rotatable bonds is 2. The molecule has 0 atom stereocenters. The number of aromatic hydroxyl groups is 1. The van der Waals surface area contributed by atoms with Crippen molar-refractivity contribution in [2.24, 2.45) is 0 Å². The molecule has 0 amide bonds. The largest absolute Gasteiger partial charge is 0.504 e. The fraction of sp³-hybridized carbons (Fsp3) is 0.200. The van der Waals surface area contributed by atoms with Crippen LogP contribution in [-0.4, -0.2) is 26.2 Å². The van der Waals surface area contributed by atoms with Gasteiger partial charge in [0.1, 0.15) is 9.58 Å². The van der Waals surface area contributed by atoms with E-state index in [1.165, 1.54) is 11.3 Å². The van der Waals surface area contributed by atoms with Gasteiger partial charge in [0.25, 0.3) is 11.1 Å². The lowest BCUT2D eigenvalue weighted by Gasteiger charge is -2.13. The van der Waals surface area contributed by atoms with Gasteiger partial charge < -0.3 is 15.3 Å². The maximum atomic E-state index is 12.2. The third kappa shape index (κ3) is 2.17. The van der Waals surface area contributed by atoms with E-state index in [4.69, 9.17) is 0 Å². The monoisotopic (exact) mass is 302 g/mol. The van der Waals surface area contributed by atoms with Gasteiger partial charge in [-0.05, 0) is 12.1 Å². The first-order valence-electron chi connectivity index (χ1n) is 6.52. The minimum Gasteiger partial charge on any atom is -0.504 e. The Labute approximate surface area is 125 Å². The Bertz CT molecular complexity index is 858. The zero-order valence-electron chi connectivity index (χ0n) is 12.0. The molecular weight excluding hydrogens is 286 g/mol. The van der Waals surface area contributed by atoms with Crippen molar-refractivity contribution in [3.8, 4) is 16.3 Å². The third-order valence-corrected chi connectivity index (χ3v) is 4.60. The van der Waals surface area contributed by atoms with E-state index < -0.39 is 0 Å². The van der Waals surface area contributed by atoms with Gasteiger partial charge in [-0.1, -0.05) is 0 Å². The van der Waals surface area contributed by atoms with E-state index in [0.29, 0.717) is 11.4 Å². The Morgan fingerprint density at radius 1 is 1.29 bits per heavy atom. The molecule has 1 aliphatic carbocycles. The number of nitrogens with one attached hydrogen (secondary N) is 2. The SMILES string of the molecule is CNc1ccc2[nH+]c3c(=O)cc(N(C)C)cc-3sc2c1O. The highest BCUT2D eigenvalue weighted by Gasteiger charge is 2.21. The van der Waals surface area contributed by atoms with Gasteiger partial charge in [-0.25, -0.2) is 0 Å². The van der Waals surface area contributed by atoms with Crippen molar-refractivity contribution in [2.75, 3.05) is 31.4 Å². The summed E-state index contributed by atoms with van der Waals surface area (Å²) in [7, 11) is 5.55. The number of aromatic amines is 1. The van der Waals surface area contributed by atoms with E-state index in [9.17, 15) is 9.90 Å². The molecule has 2 aliphatic rings. The first-order valence-corrected chi connectivity index (χ1v) is 7.34. The second-order valence-corrected chi connectivity index (χ2v) is 6.08. The molecule has 1 heterocycles. The van der Waals surface area contributed by atoms with Gasteiger partial charge in [-0.2, -0.15) is 4.98 Å². The summed E-state index contributed by atoms with van der Waals surface area (Å²) in [5.74, 6) is 0.195. The molecule has 0 saturated carbocycles.